The molecule has 0 bridgehead atoms. The van der Waals surface area contributed by atoms with Crippen LogP contribution < -0.4 is 0 Å². The van der Waals surface area contributed by atoms with E-state index in [-0.39, 0.29) is 23.4 Å². The highest BCUT2D eigenvalue weighted by atomic mass is 35.5. The molecule has 0 unspecified atom stereocenters. The highest BCUT2D eigenvalue weighted by molar-refractivity contribution is 6.29. The quantitative estimate of drug-likeness (QED) is 0.773. The number of morpholine rings is 1. The van der Waals surface area contributed by atoms with Crippen LogP contribution in [0.2, 0.25) is 5.15 Å². The number of hydrogen-bond acceptors (Lipinski definition) is 4. The summed E-state index contributed by atoms with van der Waals surface area (Å²) in [5.74, 6) is -0.0879. The molecule has 19 heavy (non-hydrogen) atoms. The van der Waals surface area contributed by atoms with Gasteiger partial charge in [-0.05, 0) is 19.9 Å². The smallest absolute Gasteiger partial charge is 0.249 e. The van der Waals surface area contributed by atoms with E-state index in [9.17, 15) is 10.1 Å². The van der Waals surface area contributed by atoms with Gasteiger partial charge in [-0.3, -0.25) is 4.79 Å². The maximum atomic E-state index is 12.0. The average Bonchev–Trinajstić information content (AvgIpc) is 2.38. The van der Waals surface area contributed by atoms with Gasteiger partial charge in [0.15, 0.2) is 0 Å². The number of nitrogens with zero attached hydrogens (tertiary/aromatic N) is 3. The van der Waals surface area contributed by atoms with Gasteiger partial charge in [0.2, 0.25) is 5.91 Å². The lowest BCUT2D eigenvalue weighted by molar-refractivity contribution is -0.150. The van der Waals surface area contributed by atoms with Gasteiger partial charge in [-0.25, -0.2) is 4.98 Å². The fourth-order valence-electron chi connectivity index (χ4n) is 2.27. The van der Waals surface area contributed by atoms with Gasteiger partial charge in [0.1, 0.15) is 23.5 Å². The summed E-state index contributed by atoms with van der Waals surface area (Å²) in [6.45, 7) is 4.85. The molecule has 1 aliphatic rings. The van der Waals surface area contributed by atoms with Crippen molar-refractivity contribution >= 4 is 17.5 Å². The number of amides is 1. The van der Waals surface area contributed by atoms with E-state index in [1.807, 2.05) is 19.9 Å². The Morgan fingerprint density at radius 2 is 2.26 bits per heavy atom. The predicted octanol–water partition coefficient (Wildman–Crippen LogP) is 1.70. The monoisotopic (exact) mass is 279 g/mol. The molecular weight excluding hydrogens is 266 g/mol. The van der Waals surface area contributed by atoms with Crippen molar-refractivity contribution in [2.75, 3.05) is 19.8 Å². The van der Waals surface area contributed by atoms with Crippen molar-refractivity contribution in [3.63, 3.8) is 0 Å². The van der Waals surface area contributed by atoms with Crippen LogP contribution in [0.4, 0.5) is 0 Å². The molecule has 100 valence electrons. The van der Waals surface area contributed by atoms with E-state index in [4.69, 9.17) is 16.3 Å². The summed E-state index contributed by atoms with van der Waals surface area (Å²) in [4.78, 5) is 17.7. The van der Waals surface area contributed by atoms with Crippen LogP contribution in [-0.4, -0.2) is 35.5 Å². The Labute approximate surface area is 116 Å². The van der Waals surface area contributed by atoms with Gasteiger partial charge in [-0.15, -0.1) is 0 Å². The summed E-state index contributed by atoms with van der Waals surface area (Å²) in [7, 11) is 0. The molecule has 0 aromatic carbocycles. The minimum Gasteiger partial charge on any atom is -0.370 e. The number of aromatic nitrogens is 1. The molecule has 0 atom stereocenters. The second-order valence-electron chi connectivity index (χ2n) is 4.80. The fraction of sp³-hybridized carbons (Fsp3) is 0.462. The molecule has 2 heterocycles. The number of pyridine rings is 1. The minimum absolute atomic E-state index is 0.0757. The number of ether oxygens (including phenoxy) is 1. The molecule has 0 radical (unpaired) electrons. The molecule has 0 N–H and O–H groups in total. The topological polar surface area (TPSA) is 66.2 Å². The van der Waals surface area contributed by atoms with Crippen LogP contribution in [0.1, 0.15) is 25.1 Å². The Morgan fingerprint density at radius 3 is 2.89 bits per heavy atom. The van der Waals surface area contributed by atoms with Crippen molar-refractivity contribution in [3.05, 3.63) is 28.5 Å². The summed E-state index contributed by atoms with van der Waals surface area (Å²) >= 11 is 5.80. The highest BCUT2D eigenvalue weighted by Gasteiger charge is 2.36. The van der Waals surface area contributed by atoms with E-state index in [1.165, 1.54) is 0 Å². The first-order valence-electron chi connectivity index (χ1n) is 5.92. The zero-order chi connectivity index (χ0) is 14.0. The first-order chi connectivity index (χ1) is 8.96. The van der Waals surface area contributed by atoms with Gasteiger partial charge >= 0.3 is 0 Å². The maximum Gasteiger partial charge on any atom is 0.249 e. The molecule has 0 saturated carbocycles. The molecule has 1 aromatic heterocycles. The van der Waals surface area contributed by atoms with Gasteiger partial charge in [0.25, 0.3) is 0 Å². The zero-order valence-electron chi connectivity index (χ0n) is 10.8. The maximum absolute atomic E-state index is 12.0. The number of carbonyl (C=O) groups excluding carboxylic acids is 1. The van der Waals surface area contributed by atoms with E-state index in [0.29, 0.717) is 18.7 Å². The molecule has 1 fully saturated rings. The first kappa shape index (κ1) is 13.8. The standard InChI is InChI=1S/C13H14ClN3O2/c1-13(2,17-5-6-19-8-12(17)18)9-3-4-11(14)16-10(9)7-15/h3-4H,5-6,8H2,1-2H3. The second kappa shape index (κ2) is 5.16. The lowest BCUT2D eigenvalue weighted by Gasteiger charge is -2.41. The molecule has 0 spiro atoms. The number of hydrogen-bond donors (Lipinski definition) is 0. The summed E-state index contributed by atoms with van der Waals surface area (Å²) in [6.07, 6.45) is 0. The highest BCUT2D eigenvalue weighted by Crippen LogP contribution is 2.31. The molecular formula is C13H14ClN3O2. The van der Waals surface area contributed by atoms with Crippen molar-refractivity contribution in [1.82, 2.24) is 9.88 Å². The second-order valence-corrected chi connectivity index (χ2v) is 5.19. The third-order valence-corrected chi connectivity index (χ3v) is 3.50. The molecule has 6 heteroatoms. The predicted molar refractivity (Wildman–Crippen MR) is 69.5 cm³/mol. The Morgan fingerprint density at radius 1 is 1.53 bits per heavy atom. The van der Waals surface area contributed by atoms with Gasteiger partial charge < -0.3 is 9.64 Å². The molecule has 5 nitrogen and oxygen atoms in total. The lowest BCUT2D eigenvalue weighted by Crippen LogP contribution is -2.51. The third kappa shape index (κ3) is 2.55. The van der Waals surface area contributed by atoms with Crippen molar-refractivity contribution in [2.24, 2.45) is 0 Å². The van der Waals surface area contributed by atoms with Crippen molar-refractivity contribution in [1.29, 1.82) is 5.26 Å². The summed E-state index contributed by atoms with van der Waals surface area (Å²) in [5, 5.41) is 9.44. The lowest BCUT2D eigenvalue weighted by atomic mass is 9.90. The molecule has 1 aromatic rings. The normalized spacial score (nSPS) is 16.3. The van der Waals surface area contributed by atoms with Crippen LogP contribution in [0, 0.1) is 11.3 Å². The van der Waals surface area contributed by atoms with Gasteiger partial charge in [0, 0.05) is 12.1 Å². The van der Waals surface area contributed by atoms with Crippen LogP contribution in [0.15, 0.2) is 12.1 Å². The summed E-state index contributed by atoms with van der Waals surface area (Å²) in [5.41, 5.74) is 0.315. The number of halogens is 1. The largest absolute Gasteiger partial charge is 0.370 e. The van der Waals surface area contributed by atoms with Crippen LogP contribution in [0.5, 0.6) is 0 Å². The van der Waals surface area contributed by atoms with Gasteiger partial charge in [-0.1, -0.05) is 17.7 Å². The zero-order valence-corrected chi connectivity index (χ0v) is 11.6. The third-order valence-electron chi connectivity index (χ3n) is 3.29. The minimum atomic E-state index is -0.622. The Balaban J connectivity index is 2.44. The van der Waals surface area contributed by atoms with Crippen molar-refractivity contribution in [2.45, 2.75) is 19.4 Å². The van der Waals surface area contributed by atoms with Gasteiger partial charge in [0.05, 0.1) is 12.1 Å². The van der Waals surface area contributed by atoms with E-state index in [0.717, 1.165) is 0 Å². The van der Waals surface area contributed by atoms with Crippen LogP contribution in [0.3, 0.4) is 0 Å². The first-order valence-corrected chi connectivity index (χ1v) is 6.30. The van der Waals surface area contributed by atoms with Crippen molar-refractivity contribution in [3.8, 4) is 6.07 Å². The van der Waals surface area contributed by atoms with Crippen LogP contribution in [0.25, 0.3) is 0 Å². The molecule has 1 saturated heterocycles. The molecule has 1 amide bonds. The van der Waals surface area contributed by atoms with Crippen LogP contribution >= 0.6 is 11.6 Å². The summed E-state index contributed by atoms with van der Waals surface area (Å²) < 4.78 is 5.13. The number of rotatable bonds is 2. The Hall–Kier alpha value is -1.64. The Kier molecular flexibility index (Phi) is 3.74. The van der Waals surface area contributed by atoms with Crippen molar-refractivity contribution < 1.29 is 9.53 Å². The van der Waals surface area contributed by atoms with E-state index in [1.54, 1.807) is 17.0 Å². The van der Waals surface area contributed by atoms with E-state index in [2.05, 4.69) is 4.98 Å². The van der Waals surface area contributed by atoms with E-state index >= 15 is 0 Å². The molecule has 1 aliphatic heterocycles. The fourth-order valence-corrected chi connectivity index (χ4v) is 2.42. The SMILES string of the molecule is CC(C)(c1ccc(Cl)nc1C#N)N1CCOCC1=O. The molecule has 0 aliphatic carbocycles. The van der Waals surface area contributed by atoms with Gasteiger partial charge in [-0.2, -0.15) is 5.26 Å². The number of carbonyl (C=O) groups is 1. The molecule has 2 rings (SSSR count). The van der Waals surface area contributed by atoms with E-state index < -0.39 is 5.54 Å². The average molecular weight is 280 g/mol. The van der Waals surface area contributed by atoms with Crippen LogP contribution in [-0.2, 0) is 15.1 Å². The number of nitriles is 1. The summed E-state index contributed by atoms with van der Waals surface area (Å²) in [6, 6.07) is 5.41. The Bertz CT molecular complexity index is 551.